The molecule has 4 heteroatoms. The number of nitrogens with two attached hydrogens (primary N) is 2. The van der Waals surface area contributed by atoms with Crippen LogP contribution in [0.3, 0.4) is 0 Å². The van der Waals surface area contributed by atoms with Crippen molar-refractivity contribution in [3.05, 3.63) is 0 Å². The van der Waals surface area contributed by atoms with Crippen molar-refractivity contribution in [2.24, 2.45) is 17.4 Å². The second-order valence-electron chi connectivity index (χ2n) is 5.46. The molecule has 1 atom stereocenters. The first-order valence-corrected chi connectivity index (χ1v) is 7.18. The number of rotatable bonds is 10. The fourth-order valence-corrected chi connectivity index (χ4v) is 1.77. The zero-order valence-corrected chi connectivity index (χ0v) is 12.3. The van der Waals surface area contributed by atoms with Crippen molar-refractivity contribution < 1.29 is 4.79 Å². The summed E-state index contributed by atoms with van der Waals surface area (Å²) >= 11 is 0. The Bertz CT molecular complexity index is 219. The maximum Gasteiger partial charge on any atom is 0.222 e. The first-order valence-electron chi connectivity index (χ1n) is 7.18. The minimum absolute atomic E-state index is 0.185. The van der Waals surface area contributed by atoms with Crippen LogP contribution in [0.2, 0.25) is 0 Å². The average Bonchev–Trinajstić information content (AvgIpc) is 2.34. The maximum atomic E-state index is 11.8. The highest BCUT2D eigenvalue weighted by Crippen LogP contribution is 2.07. The van der Waals surface area contributed by atoms with Gasteiger partial charge in [-0.15, -0.1) is 0 Å². The third-order valence-electron chi connectivity index (χ3n) is 3.42. The summed E-state index contributed by atoms with van der Waals surface area (Å²) in [6.45, 7) is 5.75. The lowest BCUT2D eigenvalue weighted by atomic mass is 10.0. The standard InChI is InChI=1S/C14H31N3O/c1-12(2)13(16)9-11-17(3)14(18)8-6-4-5-7-10-15/h12-13H,4-11,15-16H2,1-3H3. The molecule has 0 spiro atoms. The molecule has 0 aliphatic heterocycles. The Hall–Kier alpha value is -0.610. The second-order valence-corrected chi connectivity index (χ2v) is 5.46. The van der Waals surface area contributed by atoms with Crippen LogP contribution in [0.15, 0.2) is 0 Å². The first-order chi connectivity index (χ1) is 8.49. The fraction of sp³-hybridized carbons (Fsp3) is 0.929. The van der Waals surface area contributed by atoms with Gasteiger partial charge in [0.15, 0.2) is 0 Å². The van der Waals surface area contributed by atoms with Gasteiger partial charge in [0, 0.05) is 26.1 Å². The molecule has 0 fully saturated rings. The number of nitrogens with zero attached hydrogens (tertiary/aromatic N) is 1. The van der Waals surface area contributed by atoms with Crippen LogP contribution < -0.4 is 11.5 Å². The van der Waals surface area contributed by atoms with Crippen LogP contribution in [0.4, 0.5) is 0 Å². The molecular formula is C14H31N3O. The van der Waals surface area contributed by atoms with Crippen molar-refractivity contribution in [2.45, 2.75) is 58.4 Å². The van der Waals surface area contributed by atoms with E-state index in [1.165, 1.54) is 0 Å². The lowest BCUT2D eigenvalue weighted by Crippen LogP contribution is -2.34. The van der Waals surface area contributed by atoms with Crippen molar-refractivity contribution in [1.82, 2.24) is 4.90 Å². The summed E-state index contributed by atoms with van der Waals surface area (Å²) in [4.78, 5) is 13.6. The van der Waals surface area contributed by atoms with E-state index in [2.05, 4.69) is 13.8 Å². The summed E-state index contributed by atoms with van der Waals surface area (Å²) in [5.74, 6) is 0.712. The summed E-state index contributed by atoms with van der Waals surface area (Å²) in [5, 5.41) is 0. The Morgan fingerprint density at radius 2 is 1.78 bits per heavy atom. The van der Waals surface area contributed by atoms with Gasteiger partial charge in [-0.1, -0.05) is 26.7 Å². The Labute approximate surface area is 112 Å². The molecule has 1 amide bonds. The van der Waals surface area contributed by atoms with Crippen molar-refractivity contribution >= 4 is 5.91 Å². The molecule has 0 bridgehead atoms. The first kappa shape index (κ1) is 17.4. The number of unbranched alkanes of at least 4 members (excludes halogenated alkanes) is 3. The van der Waals surface area contributed by atoms with Gasteiger partial charge in [-0.2, -0.15) is 0 Å². The van der Waals surface area contributed by atoms with Gasteiger partial charge in [0.1, 0.15) is 0 Å². The molecule has 0 aromatic carbocycles. The Morgan fingerprint density at radius 3 is 2.33 bits per heavy atom. The van der Waals surface area contributed by atoms with E-state index in [1.807, 2.05) is 11.9 Å². The van der Waals surface area contributed by atoms with Crippen LogP contribution in [0, 0.1) is 5.92 Å². The van der Waals surface area contributed by atoms with Crippen LogP contribution in [-0.2, 0) is 4.79 Å². The van der Waals surface area contributed by atoms with Crippen LogP contribution in [0.5, 0.6) is 0 Å². The minimum atomic E-state index is 0.185. The number of carbonyl (C=O) groups is 1. The monoisotopic (exact) mass is 257 g/mol. The van der Waals surface area contributed by atoms with Gasteiger partial charge in [0.25, 0.3) is 0 Å². The second kappa shape index (κ2) is 10.3. The number of carbonyl (C=O) groups excluding carboxylic acids is 1. The van der Waals surface area contributed by atoms with E-state index in [0.717, 1.165) is 45.2 Å². The topological polar surface area (TPSA) is 72.3 Å². The fourth-order valence-electron chi connectivity index (χ4n) is 1.77. The smallest absolute Gasteiger partial charge is 0.222 e. The molecule has 0 aromatic heterocycles. The zero-order valence-electron chi connectivity index (χ0n) is 12.3. The molecule has 0 heterocycles. The van der Waals surface area contributed by atoms with Crippen molar-refractivity contribution in [3.8, 4) is 0 Å². The van der Waals surface area contributed by atoms with Crippen molar-refractivity contribution in [3.63, 3.8) is 0 Å². The molecule has 108 valence electrons. The molecule has 0 aliphatic rings. The average molecular weight is 257 g/mol. The molecule has 0 saturated heterocycles. The maximum absolute atomic E-state index is 11.8. The molecule has 18 heavy (non-hydrogen) atoms. The van der Waals surface area contributed by atoms with E-state index in [4.69, 9.17) is 11.5 Å². The summed E-state index contributed by atoms with van der Waals surface area (Å²) in [6, 6.07) is 0.185. The molecule has 4 nitrogen and oxygen atoms in total. The van der Waals surface area contributed by atoms with Crippen LogP contribution in [-0.4, -0.2) is 37.0 Å². The molecule has 0 aliphatic carbocycles. The highest BCUT2D eigenvalue weighted by Gasteiger charge is 2.12. The van der Waals surface area contributed by atoms with Gasteiger partial charge in [0.05, 0.1) is 0 Å². The quantitative estimate of drug-likeness (QED) is 0.585. The van der Waals surface area contributed by atoms with E-state index in [9.17, 15) is 4.79 Å². The molecule has 0 saturated carbocycles. The van der Waals surface area contributed by atoms with Gasteiger partial charge in [-0.05, 0) is 31.7 Å². The van der Waals surface area contributed by atoms with Gasteiger partial charge < -0.3 is 16.4 Å². The molecule has 0 rings (SSSR count). The normalized spacial score (nSPS) is 12.8. The Kier molecular flexibility index (Phi) is 9.98. The van der Waals surface area contributed by atoms with E-state index in [1.54, 1.807) is 0 Å². The molecule has 0 aromatic rings. The molecular weight excluding hydrogens is 226 g/mol. The van der Waals surface area contributed by atoms with Crippen LogP contribution in [0.1, 0.15) is 52.4 Å². The van der Waals surface area contributed by atoms with Crippen molar-refractivity contribution in [1.29, 1.82) is 0 Å². The summed E-state index contributed by atoms with van der Waals surface area (Å²) in [6.07, 6.45) is 5.80. The Morgan fingerprint density at radius 1 is 1.17 bits per heavy atom. The zero-order chi connectivity index (χ0) is 14.0. The molecule has 4 N–H and O–H groups in total. The molecule has 0 radical (unpaired) electrons. The molecule has 1 unspecified atom stereocenters. The summed E-state index contributed by atoms with van der Waals surface area (Å²) in [7, 11) is 1.87. The number of hydrogen-bond acceptors (Lipinski definition) is 3. The SMILES string of the molecule is CC(C)C(N)CCN(C)C(=O)CCCCCCN. The lowest BCUT2D eigenvalue weighted by Gasteiger charge is -2.21. The number of hydrogen-bond donors (Lipinski definition) is 2. The van der Waals surface area contributed by atoms with Gasteiger partial charge in [-0.25, -0.2) is 0 Å². The summed E-state index contributed by atoms with van der Waals surface area (Å²) < 4.78 is 0. The van der Waals surface area contributed by atoms with E-state index in [0.29, 0.717) is 12.3 Å². The predicted molar refractivity (Wildman–Crippen MR) is 77.2 cm³/mol. The van der Waals surface area contributed by atoms with E-state index >= 15 is 0 Å². The Balaban J connectivity index is 3.63. The highest BCUT2D eigenvalue weighted by atomic mass is 16.2. The summed E-state index contributed by atoms with van der Waals surface area (Å²) in [5.41, 5.74) is 11.4. The van der Waals surface area contributed by atoms with Gasteiger partial charge in [0.2, 0.25) is 5.91 Å². The third-order valence-corrected chi connectivity index (χ3v) is 3.42. The lowest BCUT2D eigenvalue weighted by molar-refractivity contribution is -0.130. The van der Waals surface area contributed by atoms with E-state index in [-0.39, 0.29) is 11.9 Å². The van der Waals surface area contributed by atoms with E-state index < -0.39 is 0 Å². The predicted octanol–water partition coefficient (Wildman–Crippen LogP) is 1.73. The third kappa shape index (κ3) is 8.48. The minimum Gasteiger partial charge on any atom is -0.346 e. The van der Waals surface area contributed by atoms with Gasteiger partial charge in [-0.3, -0.25) is 4.79 Å². The highest BCUT2D eigenvalue weighted by molar-refractivity contribution is 5.75. The van der Waals surface area contributed by atoms with Crippen LogP contribution in [0.25, 0.3) is 0 Å². The van der Waals surface area contributed by atoms with Gasteiger partial charge >= 0.3 is 0 Å². The van der Waals surface area contributed by atoms with Crippen LogP contribution >= 0.6 is 0 Å². The number of amides is 1. The largest absolute Gasteiger partial charge is 0.346 e. The van der Waals surface area contributed by atoms with Crippen molar-refractivity contribution in [2.75, 3.05) is 20.1 Å².